The van der Waals surface area contributed by atoms with E-state index in [2.05, 4.69) is 10.6 Å². The van der Waals surface area contributed by atoms with Crippen molar-refractivity contribution in [2.75, 3.05) is 17.7 Å². The van der Waals surface area contributed by atoms with E-state index in [1.165, 1.54) is 36.5 Å². The first-order valence-electron chi connectivity index (χ1n) is 9.44. The van der Waals surface area contributed by atoms with Crippen LogP contribution in [0.2, 0.25) is 5.02 Å². The van der Waals surface area contributed by atoms with Crippen LogP contribution in [0.1, 0.15) is 23.7 Å². The van der Waals surface area contributed by atoms with E-state index in [9.17, 15) is 19.2 Å². The highest BCUT2D eigenvalue weighted by molar-refractivity contribution is 6.33. The van der Waals surface area contributed by atoms with Gasteiger partial charge < -0.3 is 30.4 Å². The number of halogens is 1. The van der Waals surface area contributed by atoms with E-state index >= 15 is 0 Å². The maximum atomic E-state index is 12.7. The number of carbonyl (C=O) groups excluding carboxylic acids is 3. The lowest BCUT2D eigenvalue weighted by Crippen LogP contribution is -2.44. The first kappa shape index (κ1) is 22.3. The van der Waals surface area contributed by atoms with Crippen molar-refractivity contribution in [1.29, 1.82) is 0 Å². The molecule has 1 fully saturated rings. The molecular formula is C20H21ClN4O6. The zero-order valence-corrected chi connectivity index (χ0v) is 17.3. The molecule has 2 heterocycles. The number of carbonyl (C=O) groups is 3. The largest absolute Gasteiger partial charge is 0.433 e. The number of amides is 2. The highest BCUT2D eigenvalue weighted by Gasteiger charge is 2.36. The number of benzene rings is 1. The molecule has 2 amide bonds. The molecule has 2 aromatic rings. The van der Waals surface area contributed by atoms with Crippen molar-refractivity contribution in [3.8, 4) is 0 Å². The summed E-state index contributed by atoms with van der Waals surface area (Å²) < 4.78 is 11.4. The third kappa shape index (κ3) is 5.41. The lowest BCUT2D eigenvalue weighted by molar-refractivity contribution is -0.164. The van der Waals surface area contributed by atoms with Gasteiger partial charge in [-0.25, -0.2) is 0 Å². The Balaban J connectivity index is 1.68. The van der Waals surface area contributed by atoms with Crippen molar-refractivity contribution >= 4 is 40.8 Å². The Labute approximate surface area is 182 Å². The summed E-state index contributed by atoms with van der Waals surface area (Å²) >= 11 is 5.93. The molecule has 10 nitrogen and oxygen atoms in total. The maximum Gasteiger partial charge on any atom is 0.310 e. The Morgan fingerprint density at radius 1 is 1.32 bits per heavy atom. The molecule has 0 saturated carbocycles. The molecule has 1 aliphatic rings. The summed E-state index contributed by atoms with van der Waals surface area (Å²) in [7, 11) is 0. The quantitative estimate of drug-likeness (QED) is 0.425. The van der Waals surface area contributed by atoms with Gasteiger partial charge in [0.1, 0.15) is 18.3 Å². The van der Waals surface area contributed by atoms with Crippen LogP contribution in [0.25, 0.3) is 0 Å². The maximum absolute atomic E-state index is 12.7. The van der Waals surface area contributed by atoms with Gasteiger partial charge in [0.05, 0.1) is 17.1 Å². The molecule has 1 aromatic carbocycles. The Morgan fingerprint density at radius 3 is 2.81 bits per heavy atom. The summed E-state index contributed by atoms with van der Waals surface area (Å²) in [5.41, 5.74) is 5.59. The summed E-state index contributed by atoms with van der Waals surface area (Å²) in [4.78, 5) is 49.0. The Hall–Kier alpha value is -3.37. The standard InChI is InChI=1S/C20H21ClN4O6/c1-2-30-20-15(9-17(27)31-20)23-16(26)10-25-7-3-4-14(19(25)29)24-18(28)11-5-6-13(22)12(21)8-11/h3-8,15,20H,2,9-10,22H2,1H3,(H,23,26)(H,24,28)/t15-,20-/m0/s1. The Morgan fingerprint density at radius 2 is 2.10 bits per heavy atom. The van der Waals surface area contributed by atoms with E-state index in [1.807, 2.05) is 0 Å². The number of rotatable bonds is 7. The highest BCUT2D eigenvalue weighted by Crippen LogP contribution is 2.20. The third-order valence-electron chi connectivity index (χ3n) is 4.48. The zero-order chi connectivity index (χ0) is 22.5. The number of esters is 1. The number of nitrogens with one attached hydrogen (secondary N) is 2. The van der Waals surface area contributed by atoms with Gasteiger partial charge in [-0.15, -0.1) is 0 Å². The average molecular weight is 449 g/mol. The summed E-state index contributed by atoms with van der Waals surface area (Å²) in [6, 6.07) is 6.64. The second-order valence-electron chi connectivity index (χ2n) is 6.74. The molecule has 3 rings (SSSR count). The molecule has 1 saturated heterocycles. The normalized spacial score (nSPS) is 17.8. The van der Waals surface area contributed by atoms with Gasteiger partial charge in [-0.3, -0.25) is 19.2 Å². The van der Waals surface area contributed by atoms with Gasteiger partial charge in [0, 0.05) is 18.4 Å². The number of hydrogen-bond acceptors (Lipinski definition) is 7. The number of cyclic esters (lactones) is 1. The van der Waals surface area contributed by atoms with Crippen LogP contribution < -0.4 is 21.9 Å². The molecule has 0 bridgehead atoms. The number of ether oxygens (including phenoxy) is 2. The molecule has 1 aliphatic heterocycles. The Kier molecular flexibility index (Phi) is 6.93. The van der Waals surface area contributed by atoms with E-state index in [0.717, 1.165) is 4.57 Å². The molecule has 0 aliphatic carbocycles. The number of nitrogen functional groups attached to an aromatic ring is 1. The van der Waals surface area contributed by atoms with Crippen molar-refractivity contribution in [3.63, 3.8) is 0 Å². The predicted octanol–water partition coefficient (Wildman–Crippen LogP) is 1.13. The van der Waals surface area contributed by atoms with E-state index < -0.39 is 35.7 Å². The molecule has 31 heavy (non-hydrogen) atoms. The third-order valence-corrected chi connectivity index (χ3v) is 4.81. The molecule has 11 heteroatoms. The van der Waals surface area contributed by atoms with Gasteiger partial charge >= 0.3 is 5.97 Å². The zero-order valence-electron chi connectivity index (χ0n) is 16.6. The Bertz CT molecular complexity index is 1070. The summed E-state index contributed by atoms with van der Waals surface area (Å²) in [5.74, 6) is -1.54. The van der Waals surface area contributed by atoms with Crippen LogP contribution in [0.5, 0.6) is 0 Å². The van der Waals surface area contributed by atoms with Gasteiger partial charge in [0.25, 0.3) is 11.5 Å². The fourth-order valence-corrected chi connectivity index (χ4v) is 3.18. The van der Waals surface area contributed by atoms with Gasteiger partial charge in [0.15, 0.2) is 0 Å². The number of hydrogen-bond donors (Lipinski definition) is 3. The number of nitrogens with two attached hydrogens (primary N) is 1. The molecular weight excluding hydrogens is 428 g/mol. The predicted molar refractivity (Wildman–Crippen MR) is 113 cm³/mol. The minimum absolute atomic E-state index is 0.0141. The van der Waals surface area contributed by atoms with E-state index in [4.69, 9.17) is 26.8 Å². The highest BCUT2D eigenvalue weighted by atomic mass is 35.5. The van der Waals surface area contributed by atoms with Crippen molar-refractivity contribution in [1.82, 2.24) is 9.88 Å². The summed E-state index contributed by atoms with van der Waals surface area (Å²) in [5, 5.41) is 5.35. The molecule has 164 valence electrons. The van der Waals surface area contributed by atoms with Gasteiger partial charge in [-0.1, -0.05) is 11.6 Å². The van der Waals surface area contributed by atoms with Crippen LogP contribution in [0.4, 0.5) is 11.4 Å². The smallest absolute Gasteiger partial charge is 0.310 e. The van der Waals surface area contributed by atoms with Crippen molar-refractivity contribution in [2.45, 2.75) is 32.2 Å². The first-order chi connectivity index (χ1) is 14.8. The molecule has 0 unspecified atom stereocenters. The van der Waals surface area contributed by atoms with Crippen LogP contribution in [0, 0.1) is 0 Å². The minimum Gasteiger partial charge on any atom is -0.433 e. The second kappa shape index (κ2) is 9.63. The molecule has 0 radical (unpaired) electrons. The van der Waals surface area contributed by atoms with Crippen molar-refractivity contribution < 1.29 is 23.9 Å². The van der Waals surface area contributed by atoms with Crippen LogP contribution in [-0.2, 0) is 25.6 Å². The molecule has 1 aromatic heterocycles. The topological polar surface area (TPSA) is 142 Å². The number of pyridine rings is 1. The van der Waals surface area contributed by atoms with E-state index in [0.29, 0.717) is 12.3 Å². The molecule has 2 atom stereocenters. The SMILES string of the molecule is CCO[C@H]1OC(=O)C[C@@H]1NC(=O)Cn1cccc(NC(=O)c2ccc(N)c(Cl)c2)c1=O. The van der Waals surface area contributed by atoms with Crippen LogP contribution >= 0.6 is 11.6 Å². The fourth-order valence-electron chi connectivity index (χ4n) is 3.00. The van der Waals surface area contributed by atoms with Crippen molar-refractivity contribution in [2.24, 2.45) is 0 Å². The van der Waals surface area contributed by atoms with E-state index in [-0.39, 0.29) is 29.2 Å². The van der Waals surface area contributed by atoms with Crippen LogP contribution in [0.3, 0.4) is 0 Å². The fraction of sp³-hybridized carbons (Fsp3) is 0.300. The van der Waals surface area contributed by atoms with Crippen LogP contribution in [-0.4, -0.2) is 41.3 Å². The van der Waals surface area contributed by atoms with Crippen molar-refractivity contribution in [3.05, 3.63) is 57.5 Å². The van der Waals surface area contributed by atoms with E-state index in [1.54, 1.807) is 6.92 Å². The first-order valence-corrected chi connectivity index (χ1v) is 9.82. The molecule has 0 spiro atoms. The number of nitrogens with zero attached hydrogens (tertiary/aromatic N) is 1. The number of anilines is 2. The summed E-state index contributed by atoms with van der Waals surface area (Å²) in [6.45, 7) is 1.73. The number of aromatic nitrogens is 1. The van der Waals surface area contributed by atoms with Crippen LogP contribution in [0.15, 0.2) is 41.3 Å². The van der Waals surface area contributed by atoms with Gasteiger partial charge in [-0.2, -0.15) is 0 Å². The van der Waals surface area contributed by atoms with Gasteiger partial charge in [-0.05, 0) is 37.3 Å². The second-order valence-corrected chi connectivity index (χ2v) is 7.14. The monoisotopic (exact) mass is 448 g/mol. The van der Waals surface area contributed by atoms with Gasteiger partial charge in [0.2, 0.25) is 12.2 Å². The minimum atomic E-state index is -0.865. The lowest BCUT2D eigenvalue weighted by atomic mass is 10.2. The lowest BCUT2D eigenvalue weighted by Gasteiger charge is -2.18. The average Bonchev–Trinajstić information content (AvgIpc) is 3.06. The molecule has 4 N–H and O–H groups in total. The summed E-state index contributed by atoms with van der Waals surface area (Å²) in [6.07, 6.45) is 0.523.